The zero-order valence-corrected chi connectivity index (χ0v) is 8.82. The summed E-state index contributed by atoms with van der Waals surface area (Å²) in [7, 11) is 2.93. The Bertz CT molecular complexity index is 206. The van der Waals surface area contributed by atoms with Gasteiger partial charge in [-0.05, 0) is 24.1 Å². The van der Waals surface area contributed by atoms with E-state index in [1.165, 1.54) is 24.8 Å². The first kappa shape index (κ1) is 9.74. The van der Waals surface area contributed by atoms with Crippen molar-refractivity contribution in [2.75, 3.05) is 0 Å². The molecule has 2 unspecified atom stereocenters. The van der Waals surface area contributed by atoms with Gasteiger partial charge in [-0.2, -0.15) is 0 Å². The van der Waals surface area contributed by atoms with Crippen molar-refractivity contribution in [1.82, 2.24) is 0 Å². The Morgan fingerprint density at radius 1 is 1.25 bits per heavy atom. The fourth-order valence-electron chi connectivity index (χ4n) is 1.39. The van der Waals surface area contributed by atoms with E-state index in [1.807, 2.05) is 0 Å². The first-order valence-corrected chi connectivity index (χ1v) is 5.29. The van der Waals surface area contributed by atoms with Gasteiger partial charge in [-0.3, -0.25) is 0 Å². The van der Waals surface area contributed by atoms with Crippen LogP contribution in [0, 0.1) is 0 Å². The zero-order valence-electron chi connectivity index (χ0n) is 7.66. The van der Waals surface area contributed by atoms with Crippen LogP contribution in [-0.2, 0) is 6.42 Å². The summed E-state index contributed by atoms with van der Waals surface area (Å²) in [5.41, 5.74) is 2.20. The molecule has 0 fully saturated rings. The average molecular weight is 180 g/mol. The van der Waals surface area contributed by atoms with Gasteiger partial charge in [0.1, 0.15) is 0 Å². The lowest BCUT2D eigenvalue weighted by molar-refractivity contribution is 0.735. The van der Waals surface area contributed by atoms with Crippen molar-refractivity contribution in [3.05, 3.63) is 35.9 Å². The molecule has 12 heavy (non-hydrogen) atoms. The molecule has 0 aliphatic rings. The molecule has 0 aliphatic heterocycles. The molecule has 0 nitrogen and oxygen atoms in total. The Morgan fingerprint density at radius 3 is 2.50 bits per heavy atom. The van der Waals surface area contributed by atoms with Crippen LogP contribution in [0.3, 0.4) is 0 Å². The van der Waals surface area contributed by atoms with Crippen LogP contribution in [0.5, 0.6) is 0 Å². The lowest BCUT2D eigenvalue weighted by Gasteiger charge is -2.08. The minimum atomic E-state index is 0.748. The van der Waals surface area contributed by atoms with E-state index < -0.39 is 0 Å². The smallest absolute Gasteiger partial charge is 0.0216 e. The van der Waals surface area contributed by atoms with Crippen molar-refractivity contribution in [2.45, 2.75) is 31.8 Å². The van der Waals surface area contributed by atoms with E-state index in [2.05, 4.69) is 46.5 Å². The molecule has 0 heterocycles. The van der Waals surface area contributed by atoms with Crippen LogP contribution in [0.25, 0.3) is 0 Å². The van der Waals surface area contributed by atoms with E-state index in [0.29, 0.717) is 0 Å². The average Bonchev–Trinajstić information content (AvgIpc) is 2.06. The minimum Gasteiger partial charge on any atom is -0.134 e. The van der Waals surface area contributed by atoms with Gasteiger partial charge >= 0.3 is 0 Å². The molecule has 0 saturated carbocycles. The molecule has 0 N–H and O–H groups in total. The third-order valence-electron chi connectivity index (χ3n) is 2.00. The van der Waals surface area contributed by atoms with Crippen molar-refractivity contribution in [3.8, 4) is 0 Å². The highest BCUT2D eigenvalue weighted by Gasteiger charge is 2.00. The van der Waals surface area contributed by atoms with Gasteiger partial charge in [-0.25, -0.2) is 0 Å². The molecule has 1 rings (SSSR count). The van der Waals surface area contributed by atoms with E-state index in [9.17, 15) is 0 Å². The molecule has 0 amide bonds. The third kappa shape index (κ3) is 3.36. The Kier molecular flexibility index (Phi) is 4.32. The van der Waals surface area contributed by atoms with Crippen molar-refractivity contribution in [3.63, 3.8) is 0 Å². The van der Waals surface area contributed by atoms with Gasteiger partial charge in [0.15, 0.2) is 0 Å². The Hall–Kier alpha value is -0.350. The number of hydrogen-bond donors (Lipinski definition) is 0. The summed E-state index contributed by atoms with van der Waals surface area (Å²) in [4.78, 5) is 0. The summed E-state index contributed by atoms with van der Waals surface area (Å²) in [5, 5.41) is 0. The highest BCUT2D eigenvalue weighted by Crippen LogP contribution is 2.14. The van der Waals surface area contributed by atoms with Gasteiger partial charge in [0.25, 0.3) is 0 Å². The third-order valence-corrected chi connectivity index (χ3v) is 2.57. The van der Waals surface area contributed by atoms with Crippen molar-refractivity contribution < 1.29 is 0 Å². The summed E-state index contributed by atoms with van der Waals surface area (Å²) < 4.78 is 0. The topological polar surface area (TPSA) is 0 Å². The summed E-state index contributed by atoms with van der Waals surface area (Å²) in [5.74, 6) is 0. The molecule has 0 saturated heterocycles. The molecule has 0 bridgehead atoms. The van der Waals surface area contributed by atoms with E-state index in [4.69, 9.17) is 0 Å². The van der Waals surface area contributed by atoms with Gasteiger partial charge in [-0.15, -0.1) is 9.24 Å². The zero-order chi connectivity index (χ0) is 8.81. The molecule has 1 aromatic carbocycles. The molecule has 0 radical (unpaired) electrons. The first-order chi connectivity index (χ1) is 5.83. The highest BCUT2D eigenvalue weighted by molar-refractivity contribution is 7.17. The molecule has 2 atom stereocenters. The van der Waals surface area contributed by atoms with Crippen molar-refractivity contribution in [2.24, 2.45) is 0 Å². The first-order valence-electron chi connectivity index (χ1n) is 4.62. The molecule has 0 aliphatic carbocycles. The summed E-state index contributed by atoms with van der Waals surface area (Å²) >= 11 is 0. The molecular weight excluding hydrogens is 163 g/mol. The largest absolute Gasteiger partial charge is 0.134 e. The van der Waals surface area contributed by atoms with Gasteiger partial charge in [-0.1, -0.05) is 43.7 Å². The van der Waals surface area contributed by atoms with Crippen LogP contribution in [0.15, 0.2) is 30.3 Å². The molecule has 1 aromatic rings. The monoisotopic (exact) mass is 180 g/mol. The van der Waals surface area contributed by atoms with Crippen molar-refractivity contribution >= 4 is 9.24 Å². The van der Waals surface area contributed by atoms with E-state index in [0.717, 1.165) is 5.66 Å². The van der Waals surface area contributed by atoms with Gasteiger partial charge in [0, 0.05) is 0 Å². The SMILES string of the molecule is CCCC(P)Cc1ccccc1. The quantitative estimate of drug-likeness (QED) is 0.624. The molecule has 66 valence electrons. The Morgan fingerprint density at radius 2 is 1.92 bits per heavy atom. The normalized spacial score (nSPS) is 12.8. The maximum absolute atomic E-state index is 2.93. The van der Waals surface area contributed by atoms with Crippen LogP contribution in [-0.4, -0.2) is 5.66 Å². The Labute approximate surface area is 77.6 Å². The van der Waals surface area contributed by atoms with Crippen LogP contribution < -0.4 is 0 Å². The molecule has 0 aromatic heterocycles. The Balaban J connectivity index is 2.41. The second-order valence-corrected chi connectivity index (χ2v) is 4.18. The minimum absolute atomic E-state index is 0.748. The van der Waals surface area contributed by atoms with Gasteiger partial charge < -0.3 is 0 Å². The fourth-order valence-corrected chi connectivity index (χ4v) is 2.00. The fraction of sp³-hybridized carbons (Fsp3) is 0.455. The number of rotatable bonds is 4. The maximum Gasteiger partial charge on any atom is -0.0216 e. The van der Waals surface area contributed by atoms with E-state index >= 15 is 0 Å². The van der Waals surface area contributed by atoms with E-state index in [-0.39, 0.29) is 0 Å². The van der Waals surface area contributed by atoms with Crippen LogP contribution in [0.1, 0.15) is 25.3 Å². The van der Waals surface area contributed by atoms with Crippen LogP contribution >= 0.6 is 9.24 Å². The van der Waals surface area contributed by atoms with E-state index in [1.54, 1.807) is 0 Å². The standard InChI is InChI=1S/C11H17P/c1-2-6-11(12)9-10-7-4-3-5-8-10/h3-5,7-8,11H,2,6,9,12H2,1H3. The molecular formula is C11H17P. The summed E-state index contributed by atoms with van der Waals surface area (Å²) in [6.45, 7) is 2.24. The predicted octanol–water partition coefficient (Wildman–Crippen LogP) is 3.27. The lowest BCUT2D eigenvalue weighted by atomic mass is 10.1. The van der Waals surface area contributed by atoms with Crippen LogP contribution in [0.4, 0.5) is 0 Å². The molecule has 1 heteroatoms. The number of benzene rings is 1. The highest BCUT2D eigenvalue weighted by atomic mass is 31.0. The predicted molar refractivity (Wildman–Crippen MR) is 58.6 cm³/mol. The maximum atomic E-state index is 2.93. The number of hydrogen-bond acceptors (Lipinski definition) is 0. The van der Waals surface area contributed by atoms with Gasteiger partial charge in [0.2, 0.25) is 0 Å². The summed E-state index contributed by atoms with van der Waals surface area (Å²) in [6, 6.07) is 10.7. The summed E-state index contributed by atoms with van der Waals surface area (Å²) in [6.07, 6.45) is 3.78. The van der Waals surface area contributed by atoms with Crippen LogP contribution in [0.2, 0.25) is 0 Å². The second kappa shape index (κ2) is 5.32. The van der Waals surface area contributed by atoms with Crippen molar-refractivity contribution in [1.29, 1.82) is 0 Å². The second-order valence-electron chi connectivity index (χ2n) is 3.24. The molecule has 0 spiro atoms. The lowest BCUT2D eigenvalue weighted by Crippen LogP contribution is -2.01. The van der Waals surface area contributed by atoms with Gasteiger partial charge in [0.05, 0.1) is 0 Å².